The molecule has 0 atom stereocenters. The Balaban J connectivity index is 2.47. The Kier molecular flexibility index (Phi) is 4.02. The summed E-state index contributed by atoms with van der Waals surface area (Å²) in [4.78, 5) is 0.187. The number of benzene rings is 2. The van der Waals surface area contributed by atoms with Gasteiger partial charge in [-0.2, -0.15) is 5.26 Å². The molecule has 0 aliphatic carbocycles. The molecular weight excluding hydrogens is 270 g/mol. The molecular formula is C16H13NO2S. The molecule has 0 saturated carbocycles. The fraction of sp³-hybridized carbons (Fsp3) is 0.0625. The minimum Gasteiger partial charge on any atom is -0.219 e. The highest BCUT2D eigenvalue weighted by atomic mass is 32.2. The molecule has 0 fully saturated rings. The summed E-state index contributed by atoms with van der Waals surface area (Å²) in [5, 5.41) is 10.2. The van der Waals surface area contributed by atoms with Crippen LogP contribution in [0, 0.1) is 18.3 Å². The molecule has 0 heterocycles. The van der Waals surface area contributed by atoms with Crippen LogP contribution in [-0.4, -0.2) is 8.42 Å². The topological polar surface area (TPSA) is 57.9 Å². The summed E-state index contributed by atoms with van der Waals surface area (Å²) in [7, 11) is -3.62. The van der Waals surface area contributed by atoms with Gasteiger partial charge in [-0.05, 0) is 24.6 Å². The summed E-state index contributed by atoms with van der Waals surface area (Å²) in [5.74, 6) is 0. The summed E-state index contributed by atoms with van der Waals surface area (Å²) in [5.41, 5.74) is 1.70. The first-order valence-electron chi connectivity index (χ1n) is 6.02. The SMILES string of the molecule is Cc1ccc(S(=O)(=O)C=C(C#N)c2ccccc2)cc1. The van der Waals surface area contributed by atoms with E-state index in [1.54, 1.807) is 48.5 Å². The first-order chi connectivity index (χ1) is 9.53. The first kappa shape index (κ1) is 14.0. The van der Waals surface area contributed by atoms with Crippen molar-refractivity contribution in [2.75, 3.05) is 0 Å². The van der Waals surface area contributed by atoms with Gasteiger partial charge in [0.15, 0.2) is 0 Å². The lowest BCUT2D eigenvalue weighted by atomic mass is 10.1. The molecule has 0 N–H and O–H groups in total. The van der Waals surface area contributed by atoms with Gasteiger partial charge in [-0.3, -0.25) is 0 Å². The molecule has 2 rings (SSSR count). The number of sulfone groups is 1. The maximum Gasteiger partial charge on any atom is 0.201 e. The Morgan fingerprint density at radius 2 is 1.65 bits per heavy atom. The molecule has 3 nitrogen and oxygen atoms in total. The average molecular weight is 283 g/mol. The Bertz CT molecular complexity index is 767. The molecule has 0 bridgehead atoms. The monoisotopic (exact) mass is 283 g/mol. The van der Waals surface area contributed by atoms with Gasteiger partial charge in [0.05, 0.1) is 15.9 Å². The number of hydrogen-bond acceptors (Lipinski definition) is 3. The largest absolute Gasteiger partial charge is 0.219 e. The quantitative estimate of drug-likeness (QED) is 0.812. The van der Waals surface area contributed by atoms with Crippen LogP contribution in [0.15, 0.2) is 64.9 Å². The Labute approximate surface area is 118 Å². The predicted octanol–water partition coefficient (Wildman–Crippen LogP) is 3.33. The number of hydrogen-bond donors (Lipinski definition) is 0. The van der Waals surface area contributed by atoms with Crippen LogP contribution in [-0.2, 0) is 9.84 Å². The summed E-state index contributed by atoms with van der Waals surface area (Å²) in [6.45, 7) is 1.89. The van der Waals surface area contributed by atoms with Crippen LogP contribution >= 0.6 is 0 Å². The van der Waals surface area contributed by atoms with Crippen molar-refractivity contribution in [2.24, 2.45) is 0 Å². The maximum absolute atomic E-state index is 12.3. The molecule has 2 aromatic rings. The minimum atomic E-state index is -3.62. The fourth-order valence-corrected chi connectivity index (χ4v) is 2.88. The summed E-state index contributed by atoms with van der Waals surface area (Å²) in [6.07, 6.45) is 0. The van der Waals surface area contributed by atoms with Crippen molar-refractivity contribution in [3.8, 4) is 6.07 Å². The summed E-state index contributed by atoms with van der Waals surface area (Å²) >= 11 is 0. The lowest BCUT2D eigenvalue weighted by Crippen LogP contribution is -1.98. The van der Waals surface area contributed by atoms with Gasteiger partial charge in [0.2, 0.25) is 9.84 Å². The van der Waals surface area contributed by atoms with Gasteiger partial charge in [-0.15, -0.1) is 0 Å². The molecule has 0 radical (unpaired) electrons. The molecule has 2 aromatic carbocycles. The third kappa shape index (κ3) is 3.14. The van der Waals surface area contributed by atoms with Crippen molar-refractivity contribution in [3.05, 3.63) is 71.1 Å². The molecule has 100 valence electrons. The number of aryl methyl sites for hydroxylation is 1. The van der Waals surface area contributed by atoms with E-state index in [0.29, 0.717) is 5.56 Å². The van der Waals surface area contributed by atoms with Crippen molar-refractivity contribution >= 4 is 15.4 Å². The molecule has 0 aliphatic rings. The van der Waals surface area contributed by atoms with Gasteiger partial charge in [-0.25, -0.2) is 8.42 Å². The average Bonchev–Trinajstić information content (AvgIpc) is 2.46. The second kappa shape index (κ2) is 5.72. The van der Waals surface area contributed by atoms with E-state index in [1.165, 1.54) is 0 Å². The third-order valence-electron chi connectivity index (χ3n) is 2.83. The smallest absolute Gasteiger partial charge is 0.201 e. The van der Waals surface area contributed by atoms with Gasteiger partial charge >= 0.3 is 0 Å². The van der Waals surface area contributed by atoms with Gasteiger partial charge in [0.25, 0.3) is 0 Å². The highest BCUT2D eigenvalue weighted by molar-refractivity contribution is 7.94. The second-order valence-electron chi connectivity index (χ2n) is 4.37. The zero-order valence-corrected chi connectivity index (χ0v) is 11.8. The van der Waals surface area contributed by atoms with E-state index in [0.717, 1.165) is 11.0 Å². The zero-order valence-electron chi connectivity index (χ0n) is 10.9. The Hall–Kier alpha value is -2.38. The number of nitrogens with zero attached hydrogens (tertiary/aromatic N) is 1. The maximum atomic E-state index is 12.3. The molecule has 4 heteroatoms. The van der Waals surface area contributed by atoms with Crippen LogP contribution in [0.1, 0.15) is 11.1 Å². The van der Waals surface area contributed by atoms with Crippen molar-refractivity contribution in [1.82, 2.24) is 0 Å². The first-order valence-corrected chi connectivity index (χ1v) is 7.56. The van der Waals surface area contributed by atoms with Gasteiger partial charge in [0, 0.05) is 0 Å². The fourth-order valence-electron chi connectivity index (χ4n) is 1.73. The Morgan fingerprint density at radius 1 is 1.05 bits per heavy atom. The van der Waals surface area contributed by atoms with E-state index in [9.17, 15) is 8.42 Å². The van der Waals surface area contributed by atoms with E-state index in [1.807, 2.05) is 19.1 Å². The van der Waals surface area contributed by atoms with E-state index in [2.05, 4.69) is 0 Å². The van der Waals surface area contributed by atoms with Crippen LogP contribution in [0.25, 0.3) is 5.57 Å². The lowest BCUT2D eigenvalue weighted by molar-refractivity contribution is 0.604. The Morgan fingerprint density at radius 3 is 2.20 bits per heavy atom. The van der Waals surface area contributed by atoms with Crippen LogP contribution in [0.4, 0.5) is 0 Å². The van der Waals surface area contributed by atoms with E-state index in [4.69, 9.17) is 5.26 Å². The third-order valence-corrected chi connectivity index (χ3v) is 4.30. The number of rotatable bonds is 3. The highest BCUT2D eigenvalue weighted by Gasteiger charge is 2.13. The molecule has 0 saturated heterocycles. The van der Waals surface area contributed by atoms with E-state index in [-0.39, 0.29) is 10.5 Å². The predicted molar refractivity (Wildman–Crippen MR) is 78.4 cm³/mol. The normalized spacial score (nSPS) is 11.9. The molecule has 0 spiro atoms. The van der Waals surface area contributed by atoms with Gasteiger partial charge in [-0.1, -0.05) is 48.0 Å². The van der Waals surface area contributed by atoms with Crippen LogP contribution < -0.4 is 0 Å². The summed E-state index contributed by atoms with van der Waals surface area (Å²) < 4.78 is 24.5. The van der Waals surface area contributed by atoms with Crippen LogP contribution in [0.3, 0.4) is 0 Å². The summed E-state index contributed by atoms with van der Waals surface area (Å²) in [6, 6.07) is 17.2. The van der Waals surface area contributed by atoms with Crippen molar-refractivity contribution in [2.45, 2.75) is 11.8 Å². The highest BCUT2D eigenvalue weighted by Crippen LogP contribution is 2.19. The number of allylic oxidation sites excluding steroid dienone is 1. The van der Waals surface area contributed by atoms with Crippen molar-refractivity contribution in [3.63, 3.8) is 0 Å². The van der Waals surface area contributed by atoms with Crippen molar-refractivity contribution < 1.29 is 8.42 Å². The standard InChI is InChI=1S/C16H13NO2S/c1-13-7-9-16(10-8-13)20(18,19)12-15(11-17)14-5-3-2-4-6-14/h2-10,12H,1H3. The van der Waals surface area contributed by atoms with Crippen molar-refractivity contribution in [1.29, 1.82) is 5.26 Å². The van der Waals surface area contributed by atoms with E-state index >= 15 is 0 Å². The van der Waals surface area contributed by atoms with Gasteiger partial charge < -0.3 is 0 Å². The molecule has 0 unspecified atom stereocenters. The molecule has 0 aromatic heterocycles. The molecule has 0 aliphatic heterocycles. The second-order valence-corrected chi connectivity index (χ2v) is 6.16. The minimum absolute atomic E-state index is 0.131. The molecule has 0 amide bonds. The lowest BCUT2D eigenvalue weighted by Gasteiger charge is -2.02. The van der Waals surface area contributed by atoms with E-state index < -0.39 is 9.84 Å². The van der Waals surface area contributed by atoms with Gasteiger partial charge in [0.1, 0.15) is 6.07 Å². The van der Waals surface area contributed by atoms with Crippen LogP contribution in [0.5, 0.6) is 0 Å². The number of nitriles is 1. The van der Waals surface area contributed by atoms with Crippen LogP contribution in [0.2, 0.25) is 0 Å². The zero-order chi connectivity index (χ0) is 14.6. The molecule has 20 heavy (non-hydrogen) atoms.